The van der Waals surface area contributed by atoms with E-state index < -0.39 is 0 Å². The Labute approximate surface area is 272 Å². The first kappa shape index (κ1) is 28.3. The van der Waals surface area contributed by atoms with Crippen LogP contribution >= 0.6 is 0 Å². The van der Waals surface area contributed by atoms with Crippen LogP contribution in [0.2, 0.25) is 0 Å². The number of pyridine rings is 1. The standard InChI is InChI=1S/C37H38N8O2/c1-22-6-5-9-33(40-22)45-20-24(17-39-45)19-44-35-28(14-27(16-32(35)47-2)37(46)43-21-26-12-13-30(43)34(26)38)41-36(44)31-15-25-7-3-4-8-29(25)42(31)18-23-10-11-23/h3-9,14-17,20,23,26,30,34H,10-13,18-19,21,38H2,1-2H3/t26?,30?,34-/m1/s1. The van der Waals surface area contributed by atoms with E-state index >= 15 is 0 Å². The fourth-order valence-corrected chi connectivity index (χ4v) is 7.86. The second kappa shape index (κ2) is 10.8. The van der Waals surface area contributed by atoms with Crippen molar-refractivity contribution in [2.45, 2.75) is 57.8 Å². The Morgan fingerprint density at radius 3 is 2.64 bits per heavy atom. The molecular weight excluding hydrogens is 588 g/mol. The third-order valence-corrected chi connectivity index (χ3v) is 10.5. The molecular formula is C37H38N8O2. The zero-order valence-electron chi connectivity index (χ0n) is 26.7. The highest BCUT2D eigenvalue weighted by Crippen LogP contribution is 2.41. The number of imidazole rings is 1. The summed E-state index contributed by atoms with van der Waals surface area (Å²) in [4.78, 5) is 25.9. The van der Waals surface area contributed by atoms with Gasteiger partial charge in [0.25, 0.3) is 5.91 Å². The number of carbonyl (C=O) groups excluding carboxylic acids is 1. The summed E-state index contributed by atoms with van der Waals surface area (Å²) in [6.07, 6.45) is 8.46. The third-order valence-electron chi connectivity index (χ3n) is 10.5. The molecule has 0 spiro atoms. The van der Waals surface area contributed by atoms with Gasteiger partial charge in [-0.3, -0.25) is 4.79 Å². The molecule has 0 radical (unpaired) electrons. The number of methoxy groups -OCH3 is 1. The van der Waals surface area contributed by atoms with Crippen molar-refractivity contribution in [3.8, 4) is 23.1 Å². The number of benzene rings is 2. The predicted octanol–water partition coefficient (Wildman–Crippen LogP) is 5.58. The summed E-state index contributed by atoms with van der Waals surface area (Å²) in [5.41, 5.74) is 12.8. The molecule has 2 N–H and O–H groups in total. The van der Waals surface area contributed by atoms with Crippen LogP contribution in [0.25, 0.3) is 39.3 Å². The van der Waals surface area contributed by atoms with Crippen molar-refractivity contribution in [2.75, 3.05) is 13.7 Å². The molecule has 1 aliphatic heterocycles. The maximum atomic E-state index is 14.0. The lowest BCUT2D eigenvalue weighted by Gasteiger charge is -2.27. The fourth-order valence-electron chi connectivity index (χ4n) is 7.86. The number of ether oxygens (including phenoxy) is 1. The van der Waals surface area contributed by atoms with E-state index in [1.807, 2.05) is 59.2 Å². The quantitative estimate of drug-likeness (QED) is 0.237. The van der Waals surface area contributed by atoms with Crippen molar-refractivity contribution in [1.82, 2.24) is 33.8 Å². The van der Waals surface area contributed by atoms with Crippen molar-refractivity contribution >= 4 is 27.8 Å². The van der Waals surface area contributed by atoms with E-state index in [1.54, 1.807) is 7.11 Å². The molecule has 2 bridgehead atoms. The first-order chi connectivity index (χ1) is 22.9. The number of fused-ring (bicyclic) bond motifs is 4. The second-order valence-corrected chi connectivity index (χ2v) is 13.6. The van der Waals surface area contributed by atoms with Gasteiger partial charge in [-0.15, -0.1) is 0 Å². The molecule has 1 saturated heterocycles. The largest absolute Gasteiger partial charge is 0.494 e. The van der Waals surface area contributed by atoms with Gasteiger partial charge in [0.15, 0.2) is 11.6 Å². The average Bonchev–Trinajstić information content (AvgIpc) is 3.39. The smallest absolute Gasteiger partial charge is 0.254 e. The SMILES string of the molecule is COc1cc(C(=O)N2CC3CCC2[C@@H]3N)cc2nc(-c3cc4ccccc4n3CC3CC3)n(Cc3cnn(-c4cccc(C)n4)c3)c12. The predicted molar refractivity (Wildman–Crippen MR) is 181 cm³/mol. The molecule has 2 unspecified atom stereocenters. The molecule has 6 aromatic rings. The van der Waals surface area contributed by atoms with Gasteiger partial charge in [0, 0.05) is 59.1 Å². The monoisotopic (exact) mass is 626 g/mol. The maximum Gasteiger partial charge on any atom is 0.254 e. The average molecular weight is 627 g/mol. The highest BCUT2D eigenvalue weighted by atomic mass is 16.5. The van der Waals surface area contributed by atoms with E-state index in [0.717, 1.165) is 59.0 Å². The number of rotatable bonds is 8. The Balaban J connectivity index is 1.20. The van der Waals surface area contributed by atoms with Crippen molar-refractivity contribution in [3.63, 3.8) is 0 Å². The third kappa shape index (κ3) is 4.73. The lowest BCUT2D eigenvalue weighted by Crippen LogP contribution is -2.41. The van der Waals surface area contributed by atoms with Crippen LogP contribution in [-0.4, -0.2) is 65.4 Å². The molecule has 2 aromatic carbocycles. The van der Waals surface area contributed by atoms with Crippen LogP contribution in [0.1, 0.15) is 47.3 Å². The summed E-state index contributed by atoms with van der Waals surface area (Å²) >= 11 is 0. The summed E-state index contributed by atoms with van der Waals surface area (Å²) in [6.45, 7) is 4.15. The highest BCUT2D eigenvalue weighted by Gasteiger charge is 2.47. The number of hydrogen-bond donors (Lipinski definition) is 1. The molecule has 4 aromatic heterocycles. The molecule has 10 heteroatoms. The van der Waals surface area contributed by atoms with E-state index in [-0.39, 0.29) is 18.0 Å². The second-order valence-electron chi connectivity index (χ2n) is 13.6. The van der Waals surface area contributed by atoms with Gasteiger partial charge in [-0.1, -0.05) is 24.3 Å². The molecule has 3 aliphatic rings. The first-order valence-corrected chi connectivity index (χ1v) is 16.7. The lowest BCUT2D eigenvalue weighted by molar-refractivity contribution is 0.0700. The van der Waals surface area contributed by atoms with Gasteiger partial charge in [-0.2, -0.15) is 5.10 Å². The molecule has 3 atom stereocenters. The molecule has 3 fully saturated rings. The van der Waals surface area contributed by atoms with Crippen molar-refractivity contribution in [2.24, 2.45) is 17.6 Å². The zero-order chi connectivity index (χ0) is 31.8. The Kier molecular flexibility index (Phi) is 6.50. The number of piperidine rings is 1. The highest BCUT2D eigenvalue weighted by molar-refractivity contribution is 6.00. The number of para-hydroxylation sites is 1. The zero-order valence-corrected chi connectivity index (χ0v) is 26.7. The Hall–Kier alpha value is -4.96. The molecule has 5 heterocycles. The van der Waals surface area contributed by atoms with E-state index in [9.17, 15) is 4.79 Å². The van der Waals surface area contributed by atoms with Crippen LogP contribution in [-0.2, 0) is 13.1 Å². The summed E-state index contributed by atoms with van der Waals surface area (Å²) in [7, 11) is 1.67. The molecule has 2 saturated carbocycles. The lowest BCUT2D eigenvalue weighted by atomic mass is 10.1. The van der Waals surface area contributed by atoms with Gasteiger partial charge >= 0.3 is 0 Å². The van der Waals surface area contributed by atoms with E-state index in [1.165, 1.54) is 23.7 Å². The van der Waals surface area contributed by atoms with Crippen LogP contribution in [0, 0.1) is 18.8 Å². The van der Waals surface area contributed by atoms with E-state index in [0.29, 0.717) is 36.2 Å². The van der Waals surface area contributed by atoms with Crippen LogP contribution in [0.5, 0.6) is 5.75 Å². The molecule has 2 aliphatic carbocycles. The minimum absolute atomic E-state index is 0.00118. The van der Waals surface area contributed by atoms with Crippen LogP contribution in [0.3, 0.4) is 0 Å². The molecule has 238 valence electrons. The maximum absolute atomic E-state index is 14.0. The number of aromatic nitrogens is 6. The van der Waals surface area contributed by atoms with Crippen molar-refractivity contribution in [3.05, 3.63) is 89.9 Å². The number of amides is 1. The van der Waals surface area contributed by atoms with Crippen molar-refractivity contribution < 1.29 is 9.53 Å². The molecule has 10 nitrogen and oxygen atoms in total. The topological polar surface area (TPSA) is 109 Å². The van der Waals surface area contributed by atoms with Gasteiger partial charge in [0.1, 0.15) is 11.3 Å². The van der Waals surface area contributed by atoms with Crippen molar-refractivity contribution in [1.29, 1.82) is 0 Å². The first-order valence-electron chi connectivity index (χ1n) is 16.7. The Morgan fingerprint density at radius 1 is 1.00 bits per heavy atom. The van der Waals surface area contributed by atoms with Gasteiger partial charge < -0.3 is 24.5 Å². The molecule has 9 rings (SSSR count). The molecule has 47 heavy (non-hydrogen) atoms. The Morgan fingerprint density at radius 2 is 1.87 bits per heavy atom. The summed E-state index contributed by atoms with van der Waals surface area (Å²) in [5.74, 6) is 3.28. The summed E-state index contributed by atoms with van der Waals surface area (Å²) in [6, 6.07) is 20.7. The van der Waals surface area contributed by atoms with E-state index in [4.69, 9.17) is 15.5 Å². The van der Waals surface area contributed by atoms with Crippen LogP contribution in [0.15, 0.2) is 73.1 Å². The number of nitrogens with zero attached hydrogens (tertiary/aromatic N) is 7. The van der Waals surface area contributed by atoms with Crippen LogP contribution < -0.4 is 10.5 Å². The molecule has 1 amide bonds. The Bertz CT molecular complexity index is 2170. The number of likely N-dealkylation sites (tertiary alicyclic amines) is 1. The van der Waals surface area contributed by atoms with E-state index in [2.05, 4.69) is 49.5 Å². The number of aryl methyl sites for hydroxylation is 1. The number of nitrogens with two attached hydrogens (primary N) is 1. The van der Waals surface area contributed by atoms with Gasteiger partial charge in [-0.05, 0) is 80.8 Å². The number of carbonyl (C=O) groups is 1. The normalized spacial score (nSPS) is 20.6. The van der Waals surface area contributed by atoms with Gasteiger partial charge in [0.05, 0.1) is 31.1 Å². The summed E-state index contributed by atoms with van der Waals surface area (Å²) in [5, 5.41) is 5.85. The minimum atomic E-state index is -0.00118. The van der Waals surface area contributed by atoms with Gasteiger partial charge in [0.2, 0.25) is 0 Å². The summed E-state index contributed by atoms with van der Waals surface area (Å²) < 4.78 is 12.5. The minimum Gasteiger partial charge on any atom is -0.494 e. The fraction of sp³-hybridized carbons (Fsp3) is 0.351. The number of hydrogen-bond acceptors (Lipinski definition) is 6. The van der Waals surface area contributed by atoms with Crippen LogP contribution in [0.4, 0.5) is 0 Å². The van der Waals surface area contributed by atoms with Gasteiger partial charge in [-0.25, -0.2) is 14.6 Å².